The highest BCUT2D eigenvalue weighted by Gasteiger charge is 2.20. The Morgan fingerprint density at radius 1 is 1.07 bits per heavy atom. The minimum atomic E-state index is -0.281. The molecule has 1 heterocycles. The van der Waals surface area contributed by atoms with Gasteiger partial charge in [-0.05, 0) is 35.4 Å². The van der Waals surface area contributed by atoms with Crippen LogP contribution >= 0.6 is 0 Å². The molecule has 3 rings (SSSR count). The Bertz CT molecular complexity index is 805. The van der Waals surface area contributed by atoms with Gasteiger partial charge in [0.15, 0.2) is 0 Å². The number of anilines is 1. The van der Waals surface area contributed by atoms with Gasteiger partial charge < -0.3 is 14.5 Å². The van der Waals surface area contributed by atoms with Crippen LogP contribution in [0.3, 0.4) is 0 Å². The van der Waals surface area contributed by atoms with Crippen molar-refractivity contribution in [3.8, 4) is 5.75 Å². The lowest BCUT2D eigenvalue weighted by Gasteiger charge is -2.36. The number of rotatable bonds is 8. The van der Waals surface area contributed by atoms with Crippen molar-refractivity contribution in [1.82, 2.24) is 10.4 Å². The molecule has 1 aliphatic heterocycles. The second-order valence-corrected chi connectivity index (χ2v) is 7.04. The van der Waals surface area contributed by atoms with Gasteiger partial charge in [0.25, 0.3) is 0 Å². The fourth-order valence-corrected chi connectivity index (χ4v) is 3.36. The highest BCUT2D eigenvalue weighted by molar-refractivity contribution is 5.68. The predicted molar refractivity (Wildman–Crippen MR) is 110 cm³/mol. The van der Waals surface area contributed by atoms with Gasteiger partial charge in [0.1, 0.15) is 11.6 Å². The van der Waals surface area contributed by atoms with Crippen LogP contribution in [-0.4, -0.2) is 44.2 Å². The van der Waals surface area contributed by atoms with E-state index < -0.39 is 0 Å². The van der Waals surface area contributed by atoms with Crippen molar-refractivity contribution in [2.45, 2.75) is 26.4 Å². The third-order valence-corrected chi connectivity index (χ3v) is 5.03. The zero-order chi connectivity index (χ0) is 20.6. The van der Waals surface area contributed by atoms with Gasteiger partial charge in [0.05, 0.1) is 19.3 Å². The summed E-state index contributed by atoms with van der Waals surface area (Å²) in [6, 6.07) is 12.7. The van der Waals surface area contributed by atoms with E-state index in [4.69, 9.17) is 9.57 Å². The van der Waals surface area contributed by atoms with Crippen molar-refractivity contribution in [3.63, 3.8) is 0 Å². The van der Waals surface area contributed by atoms with E-state index in [1.54, 1.807) is 14.0 Å². The van der Waals surface area contributed by atoms with Crippen LogP contribution in [0.5, 0.6) is 5.75 Å². The second kappa shape index (κ2) is 10.2. The maximum Gasteiger partial charge on any atom is 0.324 e. The molecule has 0 saturated carbocycles. The molecule has 7 heteroatoms. The van der Waals surface area contributed by atoms with Crippen molar-refractivity contribution in [2.75, 3.05) is 38.2 Å². The van der Waals surface area contributed by atoms with Gasteiger partial charge in [0, 0.05) is 39.1 Å². The Morgan fingerprint density at radius 3 is 2.41 bits per heavy atom. The molecule has 2 aromatic rings. The average Bonchev–Trinajstić information content (AvgIpc) is 2.75. The number of ether oxygens (including phenoxy) is 1. The first-order valence-electron chi connectivity index (χ1n) is 9.90. The van der Waals surface area contributed by atoms with Gasteiger partial charge in [-0.3, -0.25) is 9.69 Å². The number of hydrogen-bond acceptors (Lipinski definition) is 6. The van der Waals surface area contributed by atoms with Gasteiger partial charge in [-0.1, -0.05) is 25.1 Å². The van der Waals surface area contributed by atoms with Crippen LogP contribution in [0, 0.1) is 5.82 Å². The molecule has 1 saturated heterocycles. The molecule has 0 aliphatic carbocycles. The summed E-state index contributed by atoms with van der Waals surface area (Å²) in [4.78, 5) is 20.9. The monoisotopic (exact) mass is 401 g/mol. The summed E-state index contributed by atoms with van der Waals surface area (Å²) < 4.78 is 18.6. The fraction of sp³-hybridized carbons (Fsp3) is 0.409. The molecule has 1 aliphatic rings. The summed E-state index contributed by atoms with van der Waals surface area (Å²) in [6.07, 6.45) is 0.336. The SMILES string of the molecule is CCC(=O)ONCc1ccc(OC)c(N2CCN(Cc3ccc(F)cc3)CC2)c1. The summed E-state index contributed by atoms with van der Waals surface area (Å²) in [5.74, 6) is 0.340. The van der Waals surface area contributed by atoms with E-state index in [9.17, 15) is 9.18 Å². The van der Waals surface area contributed by atoms with E-state index >= 15 is 0 Å². The van der Waals surface area contributed by atoms with E-state index in [1.165, 1.54) is 12.1 Å². The third-order valence-electron chi connectivity index (χ3n) is 5.03. The number of piperazine rings is 1. The number of hydrogen-bond donors (Lipinski definition) is 1. The van der Waals surface area contributed by atoms with E-state index in [0.29, 0.717) is 13.0 Å². The molecule has 156 valence electrons. The van der Waals surface area contributed by atoms with Crippen molar-refractivity contribution < 1.29 is 18.8 Å². The Hall–Kier alpha value is -2.64. The van der Waals surface area contributed by atoms with Crippen molar-refractivity contribution in [3.05, 3.63) is 59.4 Å². The number of nitrogens with one attached hydrogen (secondary N) is 1. The maximum atomic E-state index is 13.1. The number of methoxy groups -OCH3 is 1. The van der Waals surface area contributed by atoms with Crippen LogP contribution in [0.1, 0.15) is 24.5 Å². The van der Waals surface area contributed by atoms with Gasteiger partial charge >= 0.3 is 5.97 Å². The molecule has 0 atom stereocenters. The lowest BCUT2D eigenvalue weighted by atomic mass is 10.1. The zero-order valence-corrected chi connectivity index (χ0v) is 17.0. The highest BCUT2D eigenvalue weighted by Crippen LogP contribution is 2.30. The Balaban J connectivity index is 1.58. The lowest BCUT2D eigenvalue weighted by Crippen LogP contribution is -2.46. The number of carbonyl (C=O) groups excluding carboxylic acids is 1. The zero-order valence-electron chi connectivity index (χ0n) is 17.0. The normalized spacial score (nSPS) is 14.7. The summed E-state index contributed by atoms with van der Waals surface area (Å²) >= 11 is 0. The smallest absolute Gasteiger partial charge is 0.324 e. The number of carbonyl (C=O) groups is 1. The maximum absolute atomic E-state index is 13.1. The second-order valence-electron chi connectivity index (χ2n) is 7.04. The molecule has 0 spiro atoms. The Morgan fingerprint density at radius 2 is 1.76 bits per heavy atom. The summed E-state index contributed by atoms with van der Waals surface area (Å²) in [7, 11) is 1.67. The van der Waals surface area contributed by atoms with Gasteiger partial charge in [0.2, 0.25) is 0 Å². The summed E-state index contributed by atoms with van der Waals surface area (Å²) in [5.41, 5.74) is 5.88. The van der Waals surface area contributed by atoms with Crippen LogP contribution in [0.15, 0.2) is 42.5 Å². The molecule has 0 amide bonds. The van der Waals surface area contributed by atoms with Gasteiger partial charge in [-0.2, -0.15) is 0 Å². The minimum Gasteiger partial charge on any atom is -0.495 e. The van der Waals surface area contributed by atoms with Crippen LogP contribution in [0.2, 0.25) is 0 Å². The first-order chi connectivity index (χ1) is 14.1. The first-order valence-corrected chi connectivity index (χ1v) is 9.90. The fourth-order valence-electron chi connectivity index (χ4n) is 3.36. The Labute approximate surface area is 171 Å². The Kier molecular flexibility index (Phi) is 7.43. The number of nitrogens with zero attached hydrogens (tertiary/aromatic N) is 2. The van der Waals surface area contributed by atoms with Crippen LogP contribution < -0.4 is 15.1 Å². The molecule has 0 unspecified atom stereocenters. The van der Waals surface area contributed by atoms with E-state index in [0.717, 1.165) is 55.3 Å². The topological polar surface area (TPSA) is 54.0 Å². The summed E-state index contributed by atoms with van der Waals surface area (Å²) in [6.45, 7) is 6.59. The molecule has 0 aromatic heterocycles. The predicted octanol–water partition coefficient (Wildman–Crippen LogP) is 3.11. The average molecular weight is 401 g/mol. The lowest BCUT2D eigenvalue weighted by molar-refractivity contribution is -0.151. The highest BCUT2D eigenvalue weighted by atomic mass is 19.1. The van der Waals surface area contributed by atoms with Gasteiger partial charge in [-0.25, -0.2) is 4.39 Å². The molecule has 29 heavy (non-hydrogen) atoms. The molecule has 0 radical (unpaired) electrons. The molecule has 1 N–H and O–H groups in total. The quantitative estimate of drug-likeness (QED) is 0.686. The van der Waals surface area contributed by atoms with E-state index in [-0.39, 0.29) is 11.8 Å². The van der Waals surface area contributed by atoms with E-state index in [2.05, 4.69) is 21.3 Å². The van der Waals surface area contributed by atoms with Crippen LogP contribution in [0.4, 0.5) is 10.1 Å². The van der Waals surface area contributed by atoms with Crippen LogP contribution in [-0.2, 0) is 22.7 Å². The standard InChI is InChI=1S/C22H28FN3O3/c1-3-22(27)29-24-15-18-6-9-21(28-2)20(14-18)26-12-10-25(11-13-26)16-17-4-7-19(23)8-5-17/h4-9,14,24H,3,10-13,15-16H2,1-2H3. The van der Waals surface area contributed by atoms with Crippen molar-refractivity contribution >= 4 is 11.7 Å². The van der Waals surface area contributed by atoms with Crippen molar-refractivity contribution in [1.29, 1.82) is 0 Å². The van der Waals surface area contributed by atoms with Crippen molar-refractivity contribution in [2.24, 2.45) is 0 Å². The van der Waals surface area contributed by atoms with E-state index in [1.807, 2.05) is 24.3 Å². The molecule has 2 aromatic carbocycles. The molecular weight excluding hydrogens is 373 g/mol. The van der Waals surface area contributed by atoms with Crippen LogP contribution in [0.25, 0.3) is 0 Å². The molecule has 1 fully saturated rings. The largest absolute Gasteiger partial charge is 0.495 e. The van der Waals surface area contributed by atoms with Gasteiger partial charge in [-0.15, -0.1) is 5.48 Å². The summed E-state index contributed by atoms with van der Waals surface area (Å²) in [5, 5.41) is 0. The molecule has 0 bridgehead atoms. The molecular formula is C22H28FN3O3. The number of halogens is 1. The molecule has 6 nitrogen and oxygen atoms in total. The third kappa shape index (κ3) is 5.92. The number of benzene rings is 2. The number of hydroxylamine groups is 1. The minimum absolute atomic E-state index is 0.204. The first kappa shape index (κ1) is 21.1.